The van der Waals surface area contributed by atoms with E-state index in [9.17, 15) is 4.79 Å². The molecule has 4 heteroatoms. The Hall–Kier alpha value is -2.62. The second kappa shape index (κ2) is 7.24. The van der Waals surface area contributed by atoms with Gasteiger partial charge in [0.1, 0.15) is 5.75 Å². The van der Waals surface area contributed by atoms with Crippen LogP contribution in [-0.2, 0) is 4.79 Å². The van der Waals surface area contributed by atoms with Gasteiger partial charge in [-0.15, -0.1) is 0 Å². The van der Waals surface area contributed by atoms with Gasteiger partial charge in [0.05, 0.1) is 6.21 Å². The molecule has 0 fully saturated rings. The molecule has 2 aromatic rings. The number of hydrazone groups is 1. The normalized spacial score (nSPS) is 10.6. The lowest BCUT2D eigenvalue weighted by Gasteiger charge is -2.05. The standard InChI is InChI=1S/C17H18N2O2/c1-13-6-5-9-16(10-13)21-12-17(20)19-18-11-15-8-4-3-7-14(15)2/h3-11H,12H2,1-2H3,(H,19,20). The van der Waals surface area contributed by atoms with Gasteiger partial charge in [-0.05, 0) is 42.7 Å². The highest BCUT2D eigenvalue weighted by Crippen LogP contribution is 2.11. The van der Waals surface area contributed by atoms with Gasteiger partial charge < -0.3 is 4.74 Å². The highest BCUT2D eigenvalue weighted by atomic mass is 16.5. The Morgan fingerprint density at radius 3 is 2.76 bits per heavy atom. The van der Waals surface area contributed by atoms with E-state index in [2.05, 4.69) is 10.5 Å². The minimum absolute atomic E-state index is 0.0609. The molecule has 0 aliphatic heterocycles. The van der Waals surface area contributed by atoms with Crippen LogP contribution in [0.4, 0.5) is 0 Å². The van der Waals surface area contributed by atoms with Crippen LogP contribution in [0.2, 0.25) is 0 Å². The zero-order chi connectivity index (χ0) is 15.1. The SMILES string of the molecule is Cc1cccc(OCC(=O)NN=Cc2ccccc2C)c1. The Balaban J connectivity index is 1.81. The number of carbonyl (C=O) groups is 1. The second-order valence-electron chi connectivity index (χ2n) is 4.75. The van der Waals surface area contributed by atoms with Crippen molar-refractivity contribution in [2.75, 3.05) is 6.61 Å². The average Bonchev–Trinajstić information content (AvgIpc) is 2.47. The van der Waals surface area contributed by atoms with Crippen LogP contribution in [0.25, 0.3) is 0 Å². The van der Waals surface area contributed by atoms with Gasteiger partial charge in [-0.25, -0.2) is 5.43 Å². The van der Waals surface area contributed by atoms with E-state index in [1.807, 2.05) is 62.4 Å². The molecular weight excluding hydrogens is 264 g/mol. The second-order valence-corrected chi connectivity index (χ2v) is 4.75. The number of hydrogen-bond donors (Lipinski definition) is 1. The van der Waals surface area contributed by atoms with E-state index >= 15 is 0 Å². The van der Waals surface area contributed by atoms with E-state index in [1.54, 1.807) is 6.21 Å². The van der Waals surface area contributed by atoms with Gasteiger partial charge in [-0.2, -0.15) is 5.10 Å². The predicted molar refractivity (Wildman–Crippen MR) is 83.6 cm³/mol. The summed E-state index contributed by atoms with van der Waals surface area (Å²) >= 11 is 0. The van der Waals surface area contributed by atoms with Crippen LogP contribution in [0.3, 0.4) is 0 Å². The predicted octanol–water partition coefficient (Wildman–Crippen LogP) is 2.83. The van der Waals surface area contributed by atoms with Crippen molar-refractivity contribution in [1.29, 1.82) is 0 Å². The summed E-state index contributed by atoms with van der Waals surface area (Å²) in [7, 11) is 0. The van der Waals surface area contributed by atoms with Crippen LogP contribution in [0.1, 0.15) is 16.7 Å². The Morgan fingerprint density at radius 1 is 1.19 bits per heavy atom. The van der Waals surface area contributed by atoms with Crippen LogP contribution in [0.15, 0.2) is 53.6 Å². The van der Waals surface area contributed by atoms with Crippen LogP contribution in [-0.4, -0.2) is 18.7 Å². The molecule has 0 saturated heterocycles. The van der Waals surface area contributed by atoms with Gasteiger partial charge in [0.15, 0.2) is 6.61 Å². The third kappa shape index (κ3) is 4.76. The molecule has 0 aliphatic carbocycles. The number of ether oxygens (including phenoxy) is 1. The fourth-order valence-corrected chi connectivity index (χ4v) is 1.79. The molecule has 4 nitrogen and oxygen atoms in total. The first-order valence-corrected chi connectivity index (χ1v) is 6.72. The Morgan fingerprint density at radius 2 is 2.00 bits per heavy atom. The number of amides is 1. The first-order chi connectivity index (χ1) is 10.1. The van der Waals surface area contributed by atoms with Gasteiger partial charge in [0.25, 0.3) is 5.91 Å². The number of benzene rings is 2. The van der Waals surface area contributed by atoms with Gasteiger partial charge in [-0.3, -0.25) is 4.79 Å². The maximum atomic E-state index is 11.6. The molecule has 0 spiro atoms. The third-order valence-corrected chi connectivity index (χ3v) is 2.94. The monoisotopic (exact) mass is 282 g/mol. The smallest absolute Gasteiger partial charge is 0.277 e. The summed E-state index contributed by atoms with van der Waals surface area (Å²) in [6.07, 6.45) is 1.62. The molecule has 2 aromatic carbocycles. The van der Waals surface area contributed by atoms with Crippen LogP contribution in [0, 0.1) is 13.8 Å². The van der Waals surface area contributed by atoms with Gasteiger partial charge in [-0.1, -0.05) is 36.4 Å². The molecule has 0 aliphatic rings. The van der Waals surface area contributed by atoms with Crippen molar-refractivity contribution in [2.45, 2.75) is 13.8 Å². The summed E-state index contributed by atoms with van der Waals surface area (Å²) in [6, 6.07) is 15.4. The molecule has 0 heterocycles. The molecule has 1 amide bonds. The van der Waals surface area contributed by atoms with E-state index < -0.39 is 0 Å². The van der Waals surface area contributed by atoms with Crippen LogP contribution >= 0.6 is 0 Å². The summed E-state index contributed by atoms with van der Waals surface area (Å²) in [5.74, 6) is 0.384. The lowest BCUT2D eigenvalue weighted by Crippen LogP contribution is -2.24. The molecule has 2 rings (SSSR count). The van der Waals surface area contributed by atoms with E-state index in [-0.39, 0.29) is 12.5 Å². The lowest BCUT2D eigenvalue weighted by atomic mass is 10.1. The van der Waals surface area contributed by atoms with E-state index in [1.165, 1.54) is 0 Å². The number of hydrogen-bond acceptors (Lipinski definition) is 3. The molecule has 21 heavy (non-hydrogen) atoms. The van der Waals surface area contributed by atoms with Crippen LogP contribution < -0.4 is 10.2 Å². The minimum Gasteiger partial charge on any atom is -0.484 e. The van der Waals surface area contributed by atoms with Gasteiger partial charge in [0.2, 0.25) is 0 Å². The Kier molecular flexibility index (Phi) is 5.10. The van der Waals surface area contributed by atoms with Crippen molar-refractivity contribution in [2.24, 2.45) is 5.10 Å². The van der Waals surface area contributed by atoms with Gasteiger partial charge >= 0.3 is 0 Å². The Bertz CT molecular complexity index is 651. The largest absolute Gasteiger partial charge is 0.484 e. The molecule has 0 aromatic heterocycles. The van der Waals surface area contributed by atoms with Crippen molar-refractivity contribution < 1.29 is 9.53 Å². The summed E-state index contributed by atoms with van der Waals surface area (Å²) in [6.45, 7) is 3.90. The van der Waals surface area contributed by atoms with Crippen molar-refractivity contribution >= 4 is 12.1 Å². The first-order valence-electron chi connectivity index (χ1n) is 6.72. The maximum absolute atomic E-state index is 11.6. The topological polar surface area (TPSA) is 50.7 Å². The molecule has 0 atom stereocenters. The van der Waals surface area contributed by atoms with E-state index in [0.29, 0.717) is 5.75 Å². The van der Waals surface area contributed by atoms with Crippen molar-refractivity contribution in [1.82, 2.24) is 5.43 Å². The summed E-state index contributed by atoms with van der Waals surface area (Å²) in [4.78, 5) is 11.6. The molecule has 0 saturated carbocycles. The minimum atomic E-state index is -0.290. The fourth-order valence-electron chi connectivity index (χ4n) is 1.79. The molecule has 0 bridgehead atoms. The summed E-state index contributed by atoms with van der Waals surface area (Å²) in [5.41, 5.74) is 5.61. The maximum Gasteiger partial charge on any atom is 0.277 e. The highest BCUT2D eigenvalue weighted by Gasteiger charge is 2.01. The molecule has 108 valence electrons. The number of rotatable bonds is 5. The summed E-state index contributed by atoms with van der Waals surface area (Å²) in [5, 5.41) is 3.93. The Labute approximate surface area is 124 Å². The fraction of sp³-hybridized carbons (Fsp3) is 0.176. The molecular formula is C17H18N2O2. The molecule has 0 unspecified atom stereocenters. The molecule has 1 N–H and O–H groups in total. The van der Waals surface area contributed by atoms with E-state index in [4.69, 9.17) is 4.74 Å². The quantitative estimate of drug-likeness (QED) is 0.677. The number of nitrogens with one attached hydrogen (secondary N) is 1. The highest BCUT2D eigenvalue weighted by molar-refractivity contribution is 5.84. The zero-order valence-corrected chi connectivity index (χ0v) is 12.2. The zero-order valence-electron chi connectivity index (χ0n) is 12.2. The third-order valence-electron chi connectivity index (χ3n) is 2.94. The summed E-state index contributed by atoms with van der Waals surface area (Å²) < 4.78 is 5.39. The number of nitrogens with zero attached hydrogens (tertiary/aromatic N) is 1. The van der Waals surface area contributed by atoms with Crippen molar-refractivity contribution in [3.05, 3.63) is 65.2 Å². The average molecular weight is 282 g/mol. The van der Waals surface area contributed by atoms with Crippen LogP contribution in [0.5, 0.6) is 5.75 Å². The van der Waals surface area contributed by atoms with Crippen molar-refractivity contribution in [3.63, 3.8) is 0 Å². The number of carbonyl (C=O) groups excluding carboxylic acids is 1. The first kappa shape index (κ1) is 14.8. The number of aryl methyl sites for hydroxylation is 2. The van der Waals surface area contributed by atoms with Gasteiger partial charge in [0, 0.05) is 0 Å². The lowest BCUT2D eigenvalue weighted by molar-refractivity contribution is -0.123. The van der Waals surface area contributed by atoms with Crippen molar-refractivity contribution in [3.8, 4) is 5.75 Å². The van der Waals surface area contributed by atoms with E-state index in [0.717, 1.165) is 16.7 Å². The molecule has 0 radical (unpaired) electrons.